The predicted octanol–water partition coefficient (Wildman–Crippen LogP) is 2.75. The lowest BCUT2D eigenvalue weighted by Crippen LogP contribution is -2.17. The molecule has 1 aromatic carbocycles. The van der Waals surface area contributed by atoms with Gasteiger partial charge in [-0.2, -0.15) is 0 Å². The second-order valence-corrected chi connectivity index (χ2v) is 3.65. The number of halogens is 4. The predicted molar refractivity (Wildman–Crippen MR) is 65.6 cm³/mol. The molecule has 0 bridgehead atoms. The average molecular weight is 285 g/mol. The number of rotatable bonds is 5. The van der Waals surface area contributed by atoms with Crippen LogP contribution in [0, 0.1) is 0 Å². The molecule has 0 fully saturated rings. The molecule has 0 saturated carbocycles. The van der Waals surface area contributed by atoms with Gasteiger partial charge in [0.2, 0.25) is 0 Å². The van der Waals surface area contributed by atoms with E-state index in [4.69, 9.17) is 11.5 Å². The van der Waals surface area contributed by atoms with Gasteiger partial charge in [0.25, 0.3) is 0 Å². The van der Waals surface area contributed by atoms with Gasteiger partial charge >= 0.3 is 6.36 Å². The highest BCUT2D eigenvalue weighted by atomic mass is 35.5. The van der Waals surface area contributed by atoms with Gasteiger partial charge in [-0.15, -0.1) is 25.6 Å². The Kier molecular flexibility index (Phi) is 7.05. The van der Waals surface area contributed by atoms with Crippen molar-refractivity contribution < 1.29 is 17.9 Å². The molecule has 1 atom stereocenters. The maximum absolute atomic E-state index is 11.9. The molecule has 0 heterocycles. The first-order valence-corrected chi connectivity index (χ1v) is 5.24. The van der Waals surface area contributed by atoms with Crippen molar-refractivity contribution in [3.05, 3.63) is 29.8 Å². The smallest absolute Gasteiger partial charge is 0.406 e. The van der Waals surface area contributed by atoms with Crippen molar-refractivity contribution in [2.75, 3.05) is 6.54 Å². The third-order valence-electron chi connectivity index (χ3n) is 2.26. The molecule has 0 aliphatic carbocycles. The minimum absolute atomic E-state index is 0. The van der Waals surface area contributed by atoms with Crippen molar-refractivity contribution in [2.24, 2.45) is 11.5 Å². The molecule has 1 rings (SSSR count). The van der Waals surface area contributed by atoms with Crippen molar-refractivity contribution in [3.63, 3.8) is 0 Å². The lowest BCUT2D eigenvalue weighted by molar-refractivity contribution is -0.274. The zero-order chi connectivity index (χ0) is 12.9. The van der Waals surface area contributed by atoms with Gasteiger partial charge < -0.3 is 16.2 Å². The molecule has 0 aliphatic rings. The fourth-order valence-electron chi connectivity index (χ4n) is 1.42. The van der Waals surface area contributed by atoms with Gasteiger partial charge in [0.1, 0.15) is 5.75 Å². The van der Waals surface area contributed by atoms with E-state index in [1.165, 1.54) is 24.3 Å². The summed E-state index contributed by atoms with van der Waals surface area (Å²) < 4.78 is 39.5. The molecule has 1 aromatic rings. The van der Waals surface area contributed by atoms with E-state index in [-0.39, 0.29) is 24.2 Å². The molecule has 0 radical (unpaired) electrons. The quantitative estimate of drug-likeness (QED) is 0.874. The molecule has 0 amide bonds. The first kappa shape index (κ1) is 17.0. The Balaban J connectivity index is 0.00000289. The number of benzene rings is 1. The van der Waals surface area contributed by atoms with Gasteiger partial charge in [-0.3, -0.25) is 0 Å². The molecule has 4 N–H and O–H groups in total. The van der Waals surface area contributed by atoms with Crippen molar-refractivity contribution >= 4 is 12.4 Å². The van der Waals surface area contributed by atoms with Crippen LogP contribution in [0.3, 0.4) is 0 Å². The van der Waals surface area contributed by atoms with Crippen molar-refractivity contribution in [1.82, 2.24) is 0 Å². The molecule has 104 valence electrons. The van der Waals surface area contributed by atoms with E-state index in [1.807, 2.05) is 0 Å². The highest BCUT2D eigenvalue weighted by molar-refractivity contribution is 5.85. The minimum Gasteiger partial charge on any atom is -0.406 e. The van der Waals surface area contributed by atoms with Gasteiger partial charge in [-0.05, 0) is 37.1 Å². The number of alkyl halides is 3. The molecule has 18 heavy (non-hydrogen) atoms. The summed E-state index contributed by atoms with van der Waals surface area (Å²) in [6, 6.07) is 5.36. The first-order valence-electron chi connectivity index (χ1n) is 5.24. The molecule has 0 saturated heterocycles. The Morgan fingerprint density at radius 2 is 1.72 bits per heavy atom. The Morgan fingerprint density at radius 1 is 1.17 bits per heavy atom. The van der Waals surface area contributed by atoms with Crippen LogP contribution in [0.5, 0.6) is 5.75 Å². The van der Waals surface area contributed by atoms with Gasteiger partial charge in [0.15, 0.2) is 0 Å². The Morgan fingerprint density at radius 3 is 2.17 bits per heavy atom. The van der Waals surface area contributed by atoms with Crippen LogP contribution in [0.25, 0.3) is 0 Å². The largest absolute Gasteiger partial charge is 0.573 e. The second-order valence-electron chi connectivity index (χ2n) is 3.65. The van der Waals surface area contributed by atoms with Gasteiger partial charge in [0, 0.05) is 6.04 Å². The third kappa shape index (κ3) is 6.09. The van der Waals surface area contributed by atoms with Crippen molar-refractivity contribution in [1.29, 1.82) is 0 Å². The topological polar surface area (TPSA) is 61.3 Å². The van der Waals surface area contributed by atoms with Crippen LogP contribution < -0.4 is 16.2 Å². The summed E-state index contributed by atoms with van der Waals surface area (Å²) in [5.41, 5.74) is 12.0. The fourth-order valence-corrected chi connectivity index (χ4v) is 1.42. The molecule has 0 unspecified atom stereocenters. The van der Waals surface area contributed by atoms with Crippen LogP contribution >= 0.6 is 12.4 Å². The molecular formula is C11H16ClF3N2O. The molecule has 0 aliphatic heterocycles. The van der Waals surface area contributed by atoms with E-state index in [0.29, 0.717) is 13.0 Å². The molecule has 3 nitrogen and oxygen atoms in total. The monoisotopic (exact) mass is 284 g/mol. The highest BCUT2D eigenvalue weighted by Gasteiger charge is 2.30. The number of hydrogen-bond donors (Lipinski definition) is 2. The minimum atomic E-state index is -4.66. The zero-order valence-corrected chi connectivity index (χ0v) is 10.4. The van der Waals surface area contributed by atoms with Crippen LogP contribution in [-0.2, 0) is 0 Å². The van der Waals surface area contributed by atoms with Gasteiger partial charge in [-0.25, -0.2) is 0 Å². The van der Waals surface area contributed by atoms with Crippen molar-refractivity contribution in [2.45, 2.75) is 25.2 Å². The Hall–Kier alpha value is -0.980. The van der Waals surface area contributed by atoms with Crippen LogP contribution in [0.1, 0.15) is 24.4 Å². The van der Waals surface area contributed by atoms with E-state index < -0.39 is 6.36 Å². The fraction of sp³-hybridized carbons (Fsp3) is 0.455. The van der Waals surface area contributed by atoms with Crippen LogP contribution in [0.4, 0.5) is 13.2 Å². The molecule has 0 spiro atoms. The normalized spacial score (nSPS) is 12.7. The molecular weight excluding hydrogens is 269 g/mol. The zero-order valence-electron chi connectivity index (χ0n) is 9.61. The number of nitrogens with two attached hydrogens (primary N) is 2. The maximum Gasteiger partial charge on any atom is 0.573 e. The Labute approximate surface area is 110 Å². The summed E-state index contributed by atoms with van der Waals surface area (Å²) in [4.78, 5) is 0. The van der Waals surface area contributed by atoms with Crippen LogP contribution in [0.2, 0.25) is 0 Å². The highest BCUT2D eigenvalue weighted by Crippen LogP contribution is 2.24. The number of hydrogen-bond acceptors (Lipinski definition) is 3. The summed E-state index contributed by atoms with van der Waals surface area (Å²) in [6.07, 6.45) is -3.18. The van der Waals surface area contributed by atoms with E-state index >= 15 is 0 Å². The second kappa shape index (κ2) is 7.45. The number of ether oxygens (including phenoxy) is 1. The summed E-state index contributed by atoms with van der Waals surface area (Å²) >= 11 is 0. The molecule has 7 heteroatoms. The van der Waals surface area contributed by atoms with E-state index in [1.54, 1.807) is 0 Å². The van der Waals surface area contributed by atoms with Gasteiger partial charge in [-0.1, -0.05) is 12.1 Å². The van der Waals surface area contributed by atoms with Gasteiger partial charge in [0.05, 0.1) is 0 Å². The Bertz CT molecular complexity index is 343. The summed E-state index contributed by atoms with van der Waals surface area (Å²) in [5.74, 6) is -0.243. The van der Waals surface area contributed by atoms with E-state index in [2.05, 4.69) is 4.74 Å². The van der Waals surface area contributed by atoms with E-state index in [0.717, 1.165) is 12.0 Å². The average Bonchev–Trinajstić information content (AvgIpc) is 2.24. The summed E-state index contributed by atoms with van der Waals surface area (Å²) in [6.45, 7) is 0.545. The maximum atomic E-state index is 11.9. The van der Waals surface area contributed by atoms with Crippen molar-refractivity contribution in [3.8, 4) is 5.75 Å². The van der Waals surface area contributed by atoms with Crippen LogP contribution in [0.15, 0.2) is 24.3 Å². The summed E-state index contributed by atoms with van der Waals surface area (Å²) in [5, 5.41) is 0. The summed E-state index contributed by atoms with van der Waals surface area (Å²) in [7, 11) is 0. The van der Waals surface area contributed by atoms with E-state index in [9.17, 15) is 13.2 Å². The van der Waals surface area contributed by atoms with Crippen LogP contribution in [-0.4, -0.2) is 12.9 Å². The lowest BCUT2D eigenvalue weighted by Gasteiger charge is -2.13. The first-order chi connectivity index (χ1) is 7.92. The lowest BCUT2D eigenvalue weighted by atomic mass is 10.0. The molecule has 0 aromatic heterocycles. The standard InChI is InChI=1S/C11H15F3N2O.ClH/c12-11(13,14)17-9-5-3-8(4-6-9)10(16)2-1-7-15;/h3-6,10H,1-2,7,15-16H2;1H/t10-;/m0./s1. The third-order valence-corrected chi connectivity index (χ3v) is 2.26. The SMILES string of the molecule is Cl.NCCC[C@H](N)c1ccc(OC(F)(F)F)cc1.